The maximum absolute atomic E-state index is 13.5. The zero-order valence-electron chi connectivity index (χ0n) is 33.7. The van der Waals surface area contributed by atoms with Crippen molar-refractivity contribution in [2.24, 2.45) is 56.7 Å². The minimum atomic E-state index is -2.00. The van der Waals surface area contributed by atoms with Gasteiger partial charge in [0.25, 0.3) is 0 Å². The minimum absolute atomic E-state index is 0.0301. The molecule has 5 saturated carbocycles. The number of aliphatic carboxylic acids is 2. The number of fused-ring (bicyclic) bond motifs is 7. The van der Waals surface area contributed by atoms with Crippen LogP contribution in [0.3, 0.4) is 0 Å². The van der Waals surface area contributed by atoms with Crippen LogP contribution in [0.15, 0.2) is 12.2 Å². The van der Waals surface area contributed by atoms with Gasteiger partial charge in [-0.3, -0.25) is 4.79 Å². The highest BCUT2D eigenvalue weighted by Crippen LogP contribution is 2.77. The molecular formula is C42H64O15. The average molecular weight is 809 g/mol. The molecule has 0 bridgehead atoms. The lowest BCUT2D eigenvalue weighted by Gasteiger charge is -2.72. The molecule has 0 spiro atoms. The van der Waals surface area contributed by atoms with E-state index in [1.165, 1.54) is 0 Å². The number of allylic oxidation sites excluding steroid dienone is 1. The molecule has 7 rings (SSSR count). The predicted octanol–water partition coefficient (Wildman–Crippen LogP) is 2.01. The fourth-order valence-electron chi connectivity index (χ4n) is 14.4. The van der Waals surface area contributed by atoms with E-state index < -0.39 is 96.9 Å². The quantitative estimate of drug-likeness (QED) is 0.0943. The lowest BCUT2D eigenvalue weighted by atomic mass is 9.32. The molecule has 15 heteroatoms. The number of hydrogen-bond donors (Lipinski definition) is 8. The number of hydrogen-bond acceptors (Lipinski definition) is 13. The largest absolute Gasteiger partial charge is 0.481 e. The van der Waals surface area contributed by atoms with E-state index in [0.717, 1.165) is 44.0 Å². The number of ether oxygens (including phenoxy) is 4. The van der Waals surface area contributed by atoms with Crippen molar-refractivity contribution in [1.82, 2.24) is 0 Å². The first-order chi connectivity index (χ1) is 26.7. The molecule has 0 radical (unpaired) electrons. The molecule has 2 aliphatic heterocycles. The highest BCUT2D eigenvalue weighted by molar-refractivity contribution is 5.76. The molecule has 7 fully saturated rings. The number of carbonyl (C=O) groups is 3. The first kappa shape index (κ1) is 43.1. The van der Waals surface area contributed by atoms with E-state index >= 15 is 0 Å². The predicted molar refractivity (Wildman–Crippen MR) is 199 cm³/mol. The van der Waals surface area contributed by atoms with E-state index in [2.05, 4.69) is 27.4 Å². The van der Waals surface area contributed by atoms with Crippen molar-refractivity contribution >= 4 is 18.2 Å². The molecule has 21 unspecified atom stereocenters. The lowest BCUT2D eigenvalue weighted by molar-refractivity contribution is -0.365. The molecule has 7 aliphatic rings. The first-order valence-electron chi connectivity index (χ1n) is 20.9. The summed E-state index contributed by atoms with van der Waals surface area (Å²) in [7, 11) is 0. The van der Waals surface area contributed by atoms with Crippen LogP contribution in [-0.2, 0) is 33.3 Å². The minimum Gasteiger partial charge on any atom is -0.481 e. The van der Waals surface area contributed by atoms with Gasteiger partial charge in [0, 0.05) is 0 Å². The highest BCUT2D eigenvalue weighted by Gasteiger charge is 2.73. The average Bonchev–Trinajstić information content (AvgIpc) is 3.57. The molecule has 5 aliphatic carbocycles. The Kier molecular flexibility index (Phi) is 11.2. The van der Waals surface area contributed by atoms with Crippen LogP contribution in [0.4, 0.5) is 0 Å². The molecule has 15 nitrogen and oxygen atoms in total. The Labute approximate surface area is 333 Å². The normalized spacial score (nSPS) is 54.7. The highest BCUT2D eigenvalue weighted by atomic mass is 16.7. The summed E-state index contributed by atoms with van der Waals surface area (Å²) in [6, 6.07) is 0. The summed E-state index contributed by atoms with van der Waals surface area (Å²) < 4.78 is 23.2. The number of rotatable bonds is 9. The van der Waals surface area contributed by atoms with Gasteiger partial charge in [0.2, 0.25) is 0 Å². The van der Waals surface area contributed by atoms with E-state index in [4.69, 9.17) is 18.9 Å². The van der Waals surface area contributed by atoms with Gasteiger partial charge in [0.1, 0.15) is 49.0 Å². The molecule has 0 aromatic carbocycles. The topological polar surface area (TPSA) is 250 Å². The van der Waals surface area contributed by atoms with Crippen LogP contribution in [0.25, 0.3) is 0 Å². The van der Waals surface area contributed by atoms with Crippen LogP contribution in [-0.4, -0.2) is 133 Å². The summed E-state index contributed by atoms with van der Waals surface area (Å²) in [5.74, 6) is -1.77. The standard InChI is InChI=1S/C42H64O15/c1-19(2)20-9-14-42(37(52)53)16-15-40(5)21(26(20)42)7-8-24-38(3)12-11-25(39(4,18-44)23(38)10-13-41(24,40)6)55-36-31(49)32(30(48)33(57-36)34(50)51)56-35-29(47)28(46)27(45)22(17-43)54-35/h18,20-33,35-36,43,45-49H,1,7-17H2,2-6H3,(H,50,51)(H,52,53). The Morgan fingerprint density at radius 2 is 1.44 bits per heavy atom. The van der Waals surface area contributed by atoms with Gasteiger partial charge in [-0.05, 0) is 117 Å². The second kappa shape index (κ2) is 14.8. The number of aliphatic hydroxyl groups is 6. The third-order valence-electron chi connectivity index (χ3n) is 17.6. The SMILES string of the molecule is C=C(C)C1CCC2(C(=O)O)CCC3(C)C(CCC4C5(C)CCC(OC6OC(C(=O)O)C(O)C(OC7OC(CO)C(O)C(O)C7O)C6O)C(C)(C=O)C5CCC43C)C12. The zero-order valence-corrected chi connectivity index (χ0v) is 33.7. The van der Waals surface area contributed by atoms with Crippen LogP contribution >= 0.6 is 0 Å². The smallest absolute Gasteiger partial charge is 0.335 e. The molecule has 0 aromatic rings. The van der Waals surface area contributed by atoms with Gasteiger partial charge in [0.05, 0.1) is 23.5 Å². The van der Waals surface area contributed by atoms with Crippen LogP contribution < -0.4 is 0 Å². The van der Waals surface area contributed by atoms with Crippen molar-refractivity contribution in [3.8, 4) is 0 Å². The van der Waals surface area contributed by atoms with Crippen LogP contribution in [0.5, 0.6) is 0 Å². The monoisotopic (exact) mass is 808 g/mol. The van der Waals surface area contributed by atoms with Crippen LogP contribution in [0.2, 0.25) is 0 Å². The van der Waals surface area contributed by atoms with Gasteiger partial charge in [0.15, 0.2) is 18.7 Å². The third-order valence-corrected chi connectivity index (χ3v) is 17.6. The maximum Gasteiger partial charge on any atom is 0.335 e. The molecule has 21 atom stereocenters. The second-order valence-electron chi connectivity index (χ2n) is 19.8. The molecule has 0 aromatic heterocycles. The fraction of sp³-hybridized carbons (Fsp3) is 0.881. The van der Waals surface area contributed by atoms with Gasteiger partial charge in [-0.25, -0.2) is 4.79 Å². The number of carbonyl (C=O) groups excluding carboxylic acids is 1. The summed E-state index contributed by atoms with van der Waals surface area (Å²) in [6.45, 7) is 14.6. The molecule has 322 valence electrons. The Morgan fingerprint density at radius 3 is 2.05 bits per heavy atom. The Balaban J connectivity index is 1.13. The first-order valence-corrected chi connectivity index (χ1v) is 20.9. The number of aliphatic hydroxyl groups excluding tert-OH is 6. The number of aldehydes is 1. The van der Waals surface area contributed by atoms with E-state index in [1.807, 2.05) is 13.8 Å². The van der Waals surface area contributed by atoms with Crippen molar-refractivity contribution in [3.63, 3.8) is 0 Å². The van der Waals surface area contributed by atoms with Crippen molar-refractivity contribution in [3.05, 3.63) is 12.2 Å². The van der Waals surface area contributed by atoms with Crippen molar-refractivity contribution < 1.29 is 74.2 Å². The Morgan fingerprint density at radius 1 is 0.754 bits per heavy atom. The van der Waals surface area contributed by atoms with Crippen LogP contribution in [0.1, 0.15) is 98.8 Å². The summed E-state index contributed by atoms with van der Waals surface area (Å²) in [4.78, 5) is 38.8. The summed E-state index contributed by atoms with van der Waals surface area (Å²) in [5.41, 5.74) is -1.32. The molecule has 2 saturated heterocycles. The van der Waals surface area contributed by atoms with E-state index in [-0.39, 0.29) is 45.8 Å². The lowest BCUT2D eigenvalue weighted by Crippen LogP contribution is -2.68. The number of carboxylic acid groups (broad SMARTS) is 2. The van der Waals surface area contributed by atoms with Gasteiger partial charge in [-0.15, -0.1) is 0 Å². The molecule has 57 heavy (non-hydrogen) atoms. The van der Waals surface area contributed by atoms with Crippen LogP contribution in [0, 0.1) is 56.7 Å². The number of carboxylic acids is 2. The van der Waals surface area contributed by atoms with Crippen molar-refractivity contribution in [2.45, 2.75) is 166 Å². The fourth-order valence-corrected chi connectivity index (χ4v) is 14.4. The van der Waals surface area contributed by atoms with Crippen molar-refractivity contribution in [1.29, 1.82) is 0 Å². The summed E-state index contributed by atoms with van der Waals surface area (Å²) in [5, 5.41) is 84.0. The van der Waals surface area contributed by atoms with Gasteiger partial charge in [-0.1, -0.05) is 39.8 Å². The van der Waals surface area contributed by atoms with Gasteiger partial charge < -0.3 is 64.6 Å². The van der Waals surface area contributed by atoms with Gasteiger partial charge in [-0.2, -0.15) is 0 Å². The summed E-state index contributed by atoms with van der Waals surface area (Å²) in [6.07, 6.45) is -10.4. The molecular weight excluding hydrogens is 744 g/mol. The van der Waals surface area contributed by atoms with Gasteiger partial charge >= 0.3 is 11.9 Å². The van der Waals surface area contributed by atoms with Crippen molar-refractivity contribution in [2.75, 3.05) is 6.61 Å². The Bertz CT molecular complexity index is 1590. The third kappa shape index (κ3) is 6.14. The van der Waals surface area contributed by atoms with E-state index in [9.17, 15) is 55.2 Å². The zero-order chi connectivity index (χ0) is 41.8. The molecule has 8 N–H and O–H groups in total. The summed E-state index contributed by atoms with van der Waals surface area (Å²) >= 11 is 0. The Hall–Kier alpha value is -2.05. The maximum atomic E-state index is 13.5. The molecule has 2 heterocycles. The van der Waals surface area contributed by atoms with E-state index in [0.29, 0.717) is 32.1 Å². The second-order valence-corrected chi connectivity index (χ2v) is 19.8. The molecule has 0 amide bonds. The van der Waals surface area contributed by atoms with E-state index in [1.54, 1.807) is 0 Å².